The summed E-state index contributed by atoms with van der Waals surface area (Å²) in [7, 11) is 0. The predicted molar refractivity (Wildman–Crippen MR) is 94.0 cm³/mol. The van der Waals surface area contributed by atoms with Gasteiger partial charge in [-0.05, 0) is 54.3 Å². The maximum Gasteiger partial charge on any atom is 0.224 e. The van der Waals surface area contributed by atoms with E-state index in [2.05, 4.69) is 55.1 Å². The third-order valence-electron chi connectivity index (χ3n) is 3.98. The number of rotatable bonds is 1. The van der Waals surface area contributed by atoms with Crippen LogP contribution in [0.2, 0.25) is 5.28 Å². The van der Waals surface area contributed by atoms with Gasteiger partial charge in [-0.25, -0.2) is 4.98 Å². The van der Waals surface area contributed by atoms with Gasteiger partial charge in [0.15, 0.2) is 0 Å². The van der Waals surface area contributed by atoms with Crippen molar-refractivity contribution in [3.63, 3.8) is 0 Å². The molecule has 5 heteroatoms. The molecule has 2 aromatic carbocycles. The lowest BCUT2D eigenvalue weighted by atomic mass is 10.0. The van der Waals surface area contributed by atoms with Crippen LogP contribution in [0.15, 0.2) is 46.9 Å². The van der Waals surface area contributed by atoms with Crippen molar-refractivity contribution in [2.24, 2.45) is 0 Å². The van der Waals surface area contributed by atoms with Gasteiger partial charge in [-0.15, -0.1) is 0 Å². The van der Waals surface area contributed by atoms with E-state index in [-0.39, 0.29) is 5.28 Å². The van der Waals surface area contributed by atoms with Crippen molar-refractivity contribution in [2.45, 2.75) is 12.8 Å². The monoisotopic (exact) mass is 373 g/mol. The number of benzene rings is 2. The van der Waals surface area contributed by atoms with Crippen LogP contribution < -0.4 is 4.90 Å². The van der Waals surface area contributed by atoms with Crippen molar-refractivity contribution >= 4 is 49.9 Å². The molecule has 0 aliphatic carbocycles. The summed E-state index contributed by atoms with van der Waals surface area (Å²) in [5.41, 5.74) is 3.42. The Balaban J connectivity index is 1.95. The minimum Gasteiger partial charge on any atom is -0.325 e. The SMILES string of the molecule is Clc1nc(N2CCCc3ccccc32)c2ccc(Br)cc2n1. The molecule has 3 nitrogen and oxygen atoms in total. The first-order valence-corrected chi connectivity index (χ1v) is 8.38. The molecule has 0 unspecified atom stereocenters. The fraction of sp³-hybridized carbons (Fsp3) is 0.176. The van der Waals surface area contributed by atoms with Crippen LogP contribution in [-0.4, -0.2) is 16.5 Å². The Labute approximate surface area is 142 Å². The van der Waals surface area contributed by atoms with E-state index in [0.717, 1.165) is 40.6 Å². The number of fused-ring (bicyclic) bond motifs is 2. The lowest BCUT2D eigenvalue weighted by Crippen LogP contribution is -2.25. The van der Waals surface area contributed by atoms with Crippen molar-refractivity contribution in [1.29, 1.82) is 0 Å². The summed E-state index contributed by atoms with van der Waals surface area (Å²) in [5, 5.41) is 1.30. The number of hydrogen-bond acceptors (Lipinski definition) is 3. The summed E-state index contributed by atoms with van der Waals surface area (Å²) < 4.78 is 0.986. The van der Waals surface area contributed by atoms with Crippen LogP contribution in [0, 0.1) is 0 Å². The first kappa shape index (κ1) is 14.0. The van der Waals surface area contributed by atoms with Crippen molar-refractivity contribution in [2.75, 3.05) is 11.4 Å². The molecule has 0 saturated carbocycles. The first-order valence-electron chi connectivity index (χ1n) is 7.20. The Morgan fingerprint density at radius 3 is 2.86 bits per heavy atom. The van der Waals surface area contributed by atoms with Gasteiger partial charge in [0.2, 0.25) is 5.28 Å². The quantitative estimate of drug-likeness (QED) is 0.553. The fourth-order valence-electron chi connectivity index (χ4n) is 3.02. The van der Waals surface area contributed by atoms with Gasteiger partial charge in [0, 0.05) is 22.1 Å². The minimum atomic E-state index is 0.281. The maximum atomic E-state index is 6.16. The van der Waals surface area contributed by atoms with Crippen molar-refractivity contribution in [1.82, 2.24) is 9.97 Å². The third kappa shape index (κ3) is 2.36. The van der Waals surface area contributed by atoms with E-state index < -0.39 is 0 Å². The number of anilines is 2. The number of aromatic nitrogens is 2. The van der Waals surface area contributed by atoms with Gasteiger partial charge < -0.3 is 4.90 Å². The van der Waals surface area contributed by atoms with E-state index in [1.165, 1.54) is 11.3 Å². The van der Waals surface area contributed by atoms with Gasteiger partial charge in [0.1, 0.15) is 5.82 Å². The average Bonchev–Trinajstić information content (AvgIpc) is 2.53. The smallest absolute Gasteiger partial charge is 0.224 e. The van der Waals surface area contributed by atoms with Crippen LogP contribution in [0.3, 0.4) is 0 Å². The van der Waals surface area contributed by atoms with Gasteiger partial charge in [-0.2, -0.15) is 4.98 Å². The van der Waals surface area contributed by atoms with E-state index in [1.54, 1.807) is 0 Å². The Morgan fingerprint density at radius 2 is 1.95 bits per heavy atom. The Morgan fingerprint density at radius 1 is 1.09 bits per heavy atom. The van der Waals surface area contributed by atoms with Gasteiger partial charge in [0.05, 0.1) is 5.52 Å². The number of halogens is 2. The highest BCUT2D eigenvalue weighted by Gasteiger charge is 2.21. The average molecular weight is 375 g/mol. The molecule has 0 radical (unpaired) electrons. The van der Waals surface area contributed by atoms with E-state index >= 15 is 0 Å². The lowest BCUT2D eigenvalue weighted by Gasteiger charge is -2.31. The predicted octanol–water partition coefficient (Wildman–Crippen LogP) is 5.13. The van der Waals surface area contributed by atoms with Gasteiger partial charge in [-0.1, -0.05) is 34.1 Å². The Bertz CT molecular complexity index is 860. The summed E-state index contributed by atoms with van der Waals surface area (Å²) >= 11 is 9.64. The van der Waals surface area contributed by atoms with Crippen LogP contribution in [0.25, 0.3) is 10.9 Å². The highest BCUT2D eigenvalue weighted by molar-refractivity contribution is 9.10. The molecule has 3 aromatic rings. The highest BCUT2D eigenvalue weighted by Crippen LogP contribution is 2.36. The minimum absolute atomic E-state index is 0.281. The fourth-order valence-corrected chi connectivity index (χ4v) is 3.54. The molecule has 0 amide bonds. The van der Waals surface area contributed by atoms with Gasteiger partial charge in [0.25, 0.3) is 0 Å². The highest BCUT2D eigenvalue weighted by atomic mass is 79.9. The molecule has 1 aliphatic rings. The molecule has 22 heavy (non-hydrogen) atoms. The molecular weight excluding hydrogens is 362 g/mol. The molecule has 0 saturated heterocycles. The zero-order valence-corrected chi connectivity index (χ0v) is 14.1. The van der Waals surface area contributed by atoms with Crippen LogP contribution in [0.4, 0.5) is 11.5 Å². The zero-order valence-electron chi connectivity index (χ0n) is 11.8. The van der Waals surface area contributed by atoms with Crippen LogP contribution in [0.1, 0.15) is 12.0 Å². The molecule has 0 N–H and O–H groups in total. The standard InChI is InChI=1S/C17H13BrClN3/c18-12-7-8-13-14(10-12)20-17(19)21-16(13)22-9-3-5-11-4-1-2-6-15(11)22/h1-2,4,6-8,10H,3,5,9H2. The maximum absolute atomic E-state index is 6.16. The molecule has 1 aliphatic heterocycles. The molecule has 1 aromatic heterocycles. The lowest BCUT2D eigenvalue weighted by molar-refractivity contribution is 0.761. The Hall–Kier alpha value is -1.65. The first-order chi connectivity index (χ1) is 10.7. The summed E-state index contributed by atoms with van der Waals surface area (Å²) in [6, 6.07) is 14.5. The zero-order chi connectivity index (χ0) is 15.1. The second-order valence-electron chi connectivity index (χ2n) is 5.36. The third-order valence-corrected chi connectivity index (χ3v) is 4.64. The molecule has 4 rings (SSSR count). The molecule has 0 fully saturated rings. The second kappa shape index (κ2) is 5.52. The summed E-state index contributed by atoms with van der Waals surface area (Å²) in [6.45, 7) is 0.940. The summed E-state index contributed by atoms with van der Waals surface area (Å²) in [6.07, 6.45) is 2.21. The Kier molecular flexibility index (Phi) is 3.51. The van der Waals surface area contributed by atoms with Crippen LogP contribution in [-0.2, 0) is 6.42 Å². The molecule has 0 spiro atoms. The number of aryl methyl sites for hydroxylation is 1. The molecule has 110 valence electrons. The van der Waals surface area contributed by atoms with Crippen LogP contribution >= 0.6 is 27.5 Å². The van der Waals surface area contributed by atoms with Crippen molar-refractivity contribution < 1.29 is 0 Å². The van der Waals surface area contributed by atoms with Gasteiger partial charge >= 0.3 is 0 Å². The van der Waals surface area contributed by atoms with Crippen molar-refractivity contribution in [3.8, 4) is 0 Å². The number of hydrogen-bond donors (Lipinski definition) is 0. The molecule has 2 heterocycles. The molecule has 0 atom stereocenters. The van der Waals surface area contributed by atoms with E-state index in [9.17, 15) is 0 Å². The van der Waals surface area contributed by atoms with E-state index in [4.69, 9.17) is 11.6 Å². The van der Waals surface area contributed by atoms with Crippen molar-refractivity contribution in [3.05, 3.63) is 57.8 Å². The van der Waals surface area contributed by atoms with E-state index in [0.29, 0.717) is 0 Å². The normalized spacial score (nSPS) is 14.2. The van der Waals surface area contributed by atoms with E-state index in [1.807, 2.05) is 18.2 Å². The summed E-state index contributed by atoms with van der Waals surface area (Å²) in [5.74, 6) is 0.884. The second-order valence-corrected chi connectivity index (χ2v) is 6.62. The summed E-state index contributed by atoms with van der Waals surface area (Å²) in [4.78, 5) is 11.1. The molecular formula is C17H13BrClN3. The van der Waals surface area contributed by atoms with Crippen LogP contribution in [0.5, 0.6) is 0 Å². The number of nitrogens with zero attached hydrogens (tertiary/aromatic N) is 3. The molecule has 0 bridgehead atoms. The largest absolute Gasteiger partial charge is 0.325 e. The number of para-hydroxylation sites is 1. The topological polar surface area (TPSA) is 29.0 Å². The van der Waals surface area contributed by atoms with Gasteiger partial charge in [-0.3, -0.25) is 0 Å².